The van der Waals surface area contributed by atoms with Crippen LogP contribution in [0.15, 0.2) is 96.7 Å². The predicted octanol–water partition coefficient (Wildman–Crippen LogP) is 16.6. The molecule has 7 heteroatoms. The van der Waals surface area contributed by atoms with Crippen LogP contribution in [0, 0.1) is 23.7 Å². The molecule has 4 aliphatic rings. The lowest BCUT2D eigenvalue weighted by Gasteiger charge is -2.19. The Morgan fingerprint density at radius 2 is 0.919 bits per heavy atom. The lowest BCUT2D eigenvalue weighted by molar-refractivity contribution is 0.0911. The minimum atomic E-state index is 0. The van der Waals surface area contributed by atoms with Crippen molar-refractivity contribution in [2.75, 3.05) is 0 Å². The number of hydrogen-bond donors (Lipinski definition) is 0. The van der Waals surface area contributed by atoms with E-state index in [2.05, 4.69) is 67.5 Å². The van der Waals surface area contributed by atoms with Crippen molar-refractivity contribution >= 4 is 57.0 Å². The van der Waals surface area contributed by atoms with Crippen molar-refractivity contribution in [2.24, 2.45) is 23.7 Å². The lowest BCUT2D eigenvalue weighted by Crippen LogP contribution is -2.17. The van der Waals surface area contributed by atoms with Gasteiger partial charge in [-0.2, -0.15) is 0 Å². The number of allylic oxidation sites excluding steroid dienone is 8. The van der Waals surface area contributed by atoms with Gasteiger partial charge in [0.1, 0.15) is 0 Å². The summed E-state index contributed by atoms with van der Waals surface area (Å²) in [4.78, 5) is 47.2. The fourth-order valence-corrected chi connectivity index (χ4v) is 8.22. The Labute approximate surface area is 380 Å². The van der Waals surface area contributed by atoms with Crippen LogP contribution in [0.5, 0.6) is 0 Å². The number of thiophene rings is 1. The topological polar surface area (TPSA) is 78.1 Å². The molecule has 2 aliphatic carbocycles. The number of carbonyl (C=O) groups is 4. The second-order valence-electron chi connectivity index (χ2n) is 14.9. The van der Waals surface area contributed by atoms with Crippen LogP contribution in [-0.4, -0.2) is 32.4 Å². The van der Waals surface area contributed by atoms with Crippen LogP contribution in [0.2, 0.25) is 0 Å². The fourth-order valence-electron chi connectivity index (χ4n) is 7.12. The van der Waals surface area contributed by atoms with E-state index < -0.39 is 0 Å². The molecule has 0 N–H and O–H groups in total. The highest BCUT2D eigenvalue weighted by Crippen LogP contribution is 2.35. The van der Waals surface area contributed by atoms with Crippen molar-refractivity contribution in [2.45, 2.75) is 144 Å². The van der Waals surface area contributed by atoms with E-state index in [1.165, 1.54) is 27.3 Å². The van der Waals surface area contributed by atoms with Gasteiger partial charge in [-0.1, -0.05) is 167 Å². The van der Waals surface area contributed by atoms with Crippen molar-refractivity contribution in [3.05, 3.63) is 130 Å². The Kier molecular flexibility index (Phi) is 27.1. The Morgan fingerprint density at radius 3 is 1.47 bits per heavy atom. The minimum absolute atomic E-state index is 0. The van der Waals surface area contributed by atoms with Gasteiger partial charge in [0.25, 0.3) is 0 Å². The van der Waals surface area contributed by atoms with Crippen LogP contribution in [0.3, 0.4) is 0 Å². The van der Waals surface area contributed by atoms with Gasteiger partial charge in [0.05, 0.1) is 11.4 Å². The van der Waals surface area contributed by atoms with E-state index in [0.29, 0.717) is 49.4 Å². The Bertz CT molecular complexity index is 1950. The third-order valence-electron chi connectivity index (χ3n) is 9.86. The molecule has 8 rings (SSSR count). The molecule has 0 saturated heterocycles. The monoisotopic (exact) mass is 865 g/mol. The molecule has 3 aromatic heterocycles. The molecule has 0 atom stereocenters. The van der Waals surface area contributed by atoms with Gasteiger partial charge < -0.3 is 4.57 Å². The van der Waals surface area contributed by atoms with Crippen molar-refractivity contribution in [3.8, 4) is 0 Å². The van der Waals surface area contributed by atoms with Crippen LogP contribution in [-0.2, 0) is 0 Å². The third-order valence-corrected chi connectivity index (χ3v) is 10.8. The Balaban J connectivity index is 0.000000754. The van der Waals surface area contributed by atoms with Gasteiger partial charge in [0.2, 0.25) is 5.91 Å². The second kappa shape index (κ2) is 29.4. The summed E-state index contributed by atoms with van der Waals surface area (Å²) < 4.78 is 3.74. The minimum Gasteiger partial charge on any atom is -0.318 e. The zero-order valence-electron chi connectivity index (χ0n) is 40.3. The molecule has 0 unspecified atom stereocenters. The molecular weight excluding hydrogens is 785 g/mol. The van der Waals surface area contributed by atoms with E-state index in [4.69, 9.17) is 0 Å². The highest BCUT2D eigenvalue weighted by atomic mass is 32.1. The molecule has 340 valence electrons. The number of Topliss-reactive ketones (excluding diaryl/α,β-unsaturated/α-hetero) is 3. The van der Waals surface area contributed by atoms with Crippen molar-refractivity contribution < 1.29 is 19.2 Å². The molecule has 0 radical (unpaired) electrons. The average molecular weight is 865 g/mol. The van der Waals surface area contributed by atoms with Gasteiger partial charge in [-0.05, 0) is 81.7 Å². The normalized spacial score (nSPS) is 13.9. The van der Waals surface area contributed by atoms with E-state index in [1.807, 2.05) is 144 Å². The number of ketones is 3. The SMILES string of the molecule is C.CC.CC.CC.CC.CC(C)C1=CCC(=O)c2ccccc21.CC(C)C1=CCC(=O)c2cccn21.CC(C)C1=CCC(=O)c2ccsc21.CC(C)C1=CCC(=O)n2cccc21. The quantitative estimate of drug-likeness (QED) is 0.205. The molecule has 6 nitrogen and oxygen atoms in total. The molecule has 0 spiro atoms. The first-order valence-electron chi connectivity index (χ1n) is 22.8. The first-order chi connectivity index (χ1) is 29.3. The van der Waals surface area contributed by atoms with Gasteiger partial charge in [-0.25, -0.2) is 0 Å². The fraction of sp³-hybridized carbons (Fsp3) is 0.455. The van der Waals surface area contributed by atoms with Crippen LogP contribution < -0.4 is 0 Å². The highest BCUT2D eigenvalue weighted by Gasteiger charge is 2.23. The van der Waals surface area contributed by atoms with Crippen molar-refractivity contribution in [3.63, 3.8) is 0 Å². The number of fused-ring (bicyclic) bond motifs is 4. The highest BCUT2D eigenvalue weighted by molar-refractivity contribution is 7.11. The second-order valence-corrected chi connectivity index (χ2v) is 15.9. The molecule has 4 aromatic rings. The van der Waals surface area contributed by atoms with E-state index in [-0.39, 0.29) is 30.7 Å². The number of nitrogens with zero attached hydrogens (tertiary/aromatic N) is 2. The summed E-state index contributed by atoms with van der Waals surface area (Å²) in [6.45, 7) is 33.3. The molecule has 62 heavy (non-hydrogen) atoms. The van der Waals surface area contributed by atoms with Crippen LogP contribution in [0.1, 0.15) is 196 Å². The molecule has 0 bridgehead atoms. The molecule has 5 heterocycles. The van der Waals surface area contributed by atoms with Gasteiger partial charge in [-0.15, -0.1) is 11.3 Å². The van der Waals surface area contributed by atoms with E-state index >= 15 is 0 Å². The largest absolute Gasteiger partial charge is 0.318 e. The maximum absolute atomic E-state index is 11.6. The first kappa shape index (κ1) is 57.1. The van der Waals surface area contributed by atoms with Crippen molar-refractivity contribution in [1.82, 2.24) is 9.13 Å². The third kappa shape index (κ3) is 14.9. The number of hydrogen-bond acceptors (Lipinski definition) is 5. The summed E-state index contributed by atoms with van der Waals surface area (Å²) in [5.74, 6) is 2.86. The smallest absolute Gasteiger partial charge is 0.234 e. The number of aromatic nitrogens is 2. The molecule has 1 aromatic carbocycles. The average Bonchev–Trinajstić information content (AvgIpc) is 4.08. The zero-order valence-corrected chi connectivity index (χ0v) is 41.1. The lowest BCUT2D eigenvalue weighted by atomic mass is 9.85. The van der Waals surface area contributed by atoms with Gasteiger partial charge in [0.15, 0.2) is 17.3 Å². The number of rotatable bonds is 4. The first-order valence-corrected chi connectivity index (χ1v) is 23.6. The molecule has 0 amide bonds. The summed E-state index contributed by atoms with van der Waals surface area (Å²) >= 11 is 1.68. The van der Waals surface area contributed by atoms with Crippen LogP contribution >= 0.6 is 11.3 Å². The molecule has 0 saturated carbocycles. The maximum atomic E-state index is 11.6. The number of benzene rings is 1. The van der Waals surface area contributed by atoms with E-state index in [1.54, 1.807) is 15.9 Å². The zero-order chi connectivity index (χ0) is 46.4. The molecular formula is C55H80N2O4S. The van der Waals surface area contributed by atoms with Crippen LogP contribution in [0.4, 0.5) is 0 Å². The van der Waals surface area contributed by atoms with Crippen LogP contribution in [0.25, 0.3) is 22.4 Å². The molecule has 2 aliphatic heterocycles. The Hall–Kier alpha value is -4.88. The maximum Gasteiger partial charge on any atom is 0.234 e. The Morgan fingerprint density at radius 1 is 0.452 bits per heavy atom. The summed E-state index contributed by atoms with van der Waals surface area (Å²) in [6.07, 6.45) is 14.2. The summed E-state index contributed by atoms with van der Waals surface area (Å²) in [5.41, 5.74) is 9.99. The molecule has 0 fully saturated rings. The van der Waals surface area contributed by atoms with Crippen molar-refractivity contribution in [1.29, 1.82) is 0 Å². The van der Waals surface area contributed by atoms with Gasteiger partial charge in [-0.3, -0.25) is 23.7 Å². The van der Waals surface area contributed by atoms with Gasteiger partial charge in [0, 0.05) is 59.8 Å². The number of carbonyl (C=O) groups excluding carboxylic acids is 4. The summed E-state index contributed by atoms with van der Waals surface area (Å²) in [6, 6.07) is 17.6. The predicted molar refractivity (Wildman–Crippen MR) is 271 cm³/mol. The van der Waals surface area contributed by atoms with Gasteiger partial charge >= 0.3 is 0 Å². The van der Waals surface area contributed by atoms with E-state index in [0.717, 1.165) is 28.1 Å². The summed E-state index contributed by atoms with van der Waals surface area (Å²) in [5, 5.41) is 2.00. The van der Waals surface area contributed by atoms with E-state index in [9.17, 15) is 19.2 Å². The summed E-state index contributed by atoms with van der Waals surface area (Å²) in [7, 11) is 0. The standard InChI is InChI=1S/C13H14O.2C11H13NO.C11H12OS.4C2H6.CH4/c1-9(2)10-7-8-13(14)12-6-4-3-5-11(10)12;1-8(2)9-5-6-11(13)10-4-3-7-12(9)10;1-8(2)9-5-6-11(13)12-7-3-4-10(9)12;1-7(2)8-3-4-10(12)9-5-6-13-11(8)9;4*1-2;/h3-7,9H,8H2,1-2H3;2*3-5,7-8H,6H2,1-2H3;3,5-7H,4H2,1-2H3;4*1-2H3;1H4.